The van der Waals surface area contributed by atoms with Crippen molar-refractivity contribution < 1.29 is 18.4 Å². The lowest BCUT2D eigenvalue weighted by Gasteiger charge is -2.15. The van der Waals surface area contributed by atoms with Gasteiger partial charge in [0.2, 0.25) is 11.8 Å². The molecule has 0 radical (unpaired) electrons. The van der Waals surface area contributed by atoms with Gasteiger partial charge in [0.05, 0.1) is 0 Å². The molecule has 0 aliphatic heterocycles. The summed E-state index contributed by atoms with van der Waals surface area (Å²) in [6.07, 6.45) is 0.935. The maximum Gasteiger partial charge on any atom is 0.240 e. The lowest BCUT2D eigenvalue weighted by molar-refractivity contribution is -0.134. The minimum Gasteiger partial charge on any atom is -0.351 e. The molecule has 0 spiro atoms. The second kappa shape index (κ2) is 6.39. The number of halogens is 2. The van der Waals surface area contributed by atoms with Gasteiger partial charge < -0.3 is 10.6 Å². The first kappa shape index (κ1) is 16.1. The summed E-state index contributed by atoms with van der Waals surface area (Å²) in [5, 5.41) is 5.36. The van der Waals surface area contributed by atoms with Gasteiger partial charge in [-0.2, -0.15) is 0 Å². The third-order valence-corrected chi connectivity index (χ3v) is 4.09. The predicted octanol–water partition coefficient (Wildman–Crippen LogP) is 3.00. The highest BCUT2D eigenvalue weighted by atomic mass is 19.1. The van der Waals surface area contributed by atoms with Crippen LogP contribution in [0.2, 0.25) is 0 Å². The third kappa shape index (κ3) is 3.42. The van der Waals surface area contributed by atoms with Crippen LogP contribution in [-0.2, 0) is 16.1 Å². The van der Waals surface area contributed by atoms with Crippen LogP contribution in [-0.4, -0.2) is 11.8 Å². The van der Waals surface area contributed by atoms with E-state index in [2.05, 4.69) is 10.6 Å². The Morgan fingerprint density at radius 1 is 0.875 bits per heavy atom. The quantitative estimate of drug-likeness (QED) is 0.828. The first-order valence-corrected chi connectivity index (χ1v) is 7.59. The maximum atomic E-state index is 12.9. The summed E-state index contributed by atoms with van der Waals surface area (Å²) < 4.78 is 25.7. The number of benzene rings is 2. The molecule has 0 aromatic heterocycles. The van der Waals surface area contributed by atoms with Gasteiger partial charge in [0.25, 0.3) is 0 Å². The standard InChI is InChI=1S/C18H16F2N2O2/c19-13-3-1-12(2-4-13)11-21-16(23)18(9-10-18)17(24)22-15-7-5-14(20)6-8-15/h1-8H,9-11H2,(H,21,23)(H,22,24). The topological polar surface area (TPSA) is 58.2 Å². The Labute approximate surface area is 137 Å². The molecule has 2 amide bonds. The number of hydrogen-bond acceptors (Lipinski definition) is 2. The summed E-state index contributed by atoms with van der Waals surface area (Å²) >= 11 is 0. The van der Waals surface area contributed by atoms with Crippen molar-refractivity contribution in [2.45, 2.75) is 19.4 Å². The number of hydrogen-bond donors (Lipinski definition) is 2. The van der Waals surface area contributed by atoms with E-state index in [1.54, 1.807) is 12.1 Å². The normalized spacial score (nSPS) is 14.8. The molecule has 2 aromatic rings. The Morgan fingerprint density at radius 3 is 1.96 bits per heavy atom. The number of carbonyl (C=O) groups is 2. The van der Waals surface area contributed by atoms with E-state index in [0.717, 1.165) is 5.56 Å². The van der Waals surface area contributed by atoms with E-state index >= 15 is 0 Å². The molecular weight excluding hydrogens is 314 g/mol. The van der Waals surface area contributed by atoms with Crippen molar-refractivity contribution in [3.05, 3.63) is 65.7 Å². The van der Waals surface area contributed by atoms with Gasteiger partial charge in [-0.15, -0.1) is 0 Å². The van der Waals surface area contributed by atoms with Crippen molar-refractivity contribution in [2.75, 3.05) is 5.32 Å². The smallest absolute Gasteiger partial charge is 0.240 e. The van der Waals surface area contributed by atoms with Crippen LogP contribution in [0.5, 0.6) is 0 Å². The van der Waals surface area contributed by atoms with E-state index in [-0.39, 0.29) is 18.3 Å². The van der Waals surface area contributed by atoms with Gasteiger partial charge >= 0.3 is 0 Å². The van der Waals surface area contributed by atoms with E-state index in [1.165, 1.54) is 36.4 Å². The SMILES string of the molecule is O=C(NCc1ccc(F)cc1)C1(C(=O)Nc2ccc(F)cc2)CC1. The second-order valence-corrected chi connectivity index (χ2v) is 5.85. The third-order valence-electron chi connectivity index (χ3n) is 4.09. The molecule has 2 N–H and O–H groups in total. The maximum absolute atomic E-state index is 12.9. The molecule has 0 heterocycles. The van der Waals surface area contributed by atoms with Crippen molar-refractivity contribution in [2.24, 2.45) is 5.41 Å². The van der Waals surface area contributed by atoms with Gasteiger partial charge in [0.1, 0.15) is 17.0 Å². The lowest BCUT2D eigenvalue weighted by Crippen LogP contribution is -2.39. The molecule has 0 bridgehead atoms. The van der Waals surface area contributed by atoms with E-state index in [0.29, 0.717) is 18.5 Å². The molecule has 1 fully saturated rings. The highest BCUT2D eigenvalue weighted by molar-refractivity contribution is 6.13. The van der Waals surface area contributed by atoms with Crippen molar-refractivity contribution in [1.82, 2.24) is 5.32 Å². The zero-order valence-electron chi connectivity index (χ0n) is 12.8. The summed E-state index contributed by atoms with van der Waals surface area (Å²) in [6, 6.07) is 11.2. The fraction of sp³-hybridized carbons (Fsp3) is 0.222. The van der Waals surface area contributed by atoms with Gasteiger partial charge in [-0.25, -0.2) is 8.78 Å². The summed E-state index contributed by atoms with van der Waals surface area (Å²) in [6.45, 7) is 0.227. The molecule has 1 aliphatic carbocycles. The van der Waals surface area contributed by atoms with Crippen LogP contribution in [0.15, 0.2) is 48.5 Å². The molecule has 3 rings (SSSR count). The number of anilines is 1. The average molecular weight is 330 g/mol. The van der Waals surface area contributed by atoms with Crippen LogP contribution in [0.1, 0.15) is 18.4 Å². The molecule has 0 atom stereocenters. The number of nitrogens with one attached hydrogen (secondary N) is 2. The van der Waals surface area contributed by atoms with Crippen LogP contribution in [0.25, 0.3) is 0 Å². The van der Waals surface area contributed by atoms with E-state index in [9.17, 15) is 18.4 Å². The first-order chi connectivity index (χ1) is 11.5. The zero-order chi connectivity index (χ0) is 17.2. The Balaban J connectivity index is 1.60. The summed E-state index contributed by atoms with van der Waals surface area (Å²) in [7, 11) is 0. The van der Waals surface area contributed by atoms with Gasteiger partial charge in [-0.05, 0) is 54.8 Å². The number of amides is 2. The van der Waals surface area contributed by atoms with Crippen LogP contribution in [0.3, 0.4) is 0 Å². The van der Waals surface area contributed by atoms with E-state index in [1.807, 2.05) is 0 Å². The highest BCUT2D eigenvalue weighted by Gasteiger charge is 2.56. The van der Waals surface area contributed by atoms with Gasteiger partial charge in [0.15, 0.2) is 0 Å². The molecule has 2 aromatic carbocycles. The van der Waals surface area contributed by atoms with Crippen LogP contribution in [0.4, 0.5) is 14.5 Å². The molecule has 24 heavy (non-hydrogen) atoms. The molecule has 0 unspecified atom stereocenters. The molecule has 124 valence electrons. The Morgan fingerprint density at radius 2 is 1.42 bits per heavy atom. The van der Waals surface area contributed by atoms with Gasteiger partial charge in [-0.3, -0.25) is 9.59 Å². The largest absolute Gasteiger partial charge is 0.351 e. The monoisotopic (exact) mass is 330 g/mol. The van der Waals surface area contributed by atoms with Crippen LogP contribution >= 0.6 is 0 Å². The van der Waals surface area contributed by atoms with Crippen LogP contribution in [0, 0.1) is 17.0 Å². The molecular formula is C18H16F2N2O2. The fourth-order valence-electron chi connectivity index (χ4n) is 2.42. The van der Waals surface area contributed by atoms with Crippen molar-refractivity contribution in [3.8, 4) is 0 Å². The van der Waals surface area contributed by atoms with Crippen molar-refractivity contribution in [1.29, 1.82) is 0 Å². The first-order valence-electron chi connectivity index (χ1n) is 7.59. The molecule has 1 aliphatic rings. The Kier molecular flexibility index (Phi) is 4.29. The predicted molar refractivity (Wildman–Crippen MR) is 84.9 cm³/mol. The van der Waals surface area contributed by atoms with Crippen molar-refractivity contribution >= 4 is 17.5 Å². The van der Waals surface area contributed by atoms with Crippen molar-refractivity contribution in [3.63, 3.8) is 0 Å². The summed E-state index contributed by atoms with van der Waals surface area (Å²) in [4.78, 5) is 24.7. The minimum atomic E-state index is -1.07. The minimum absolute atomic E-state index is 0.227. The molecule has 6 heteroatoms. The summed E-state index contributed by atoms with van der Waals surface area (Å²) in [5.41, 5.74) is 0.118. The molecule has 1 saturated carbocycles. The second-order valence-electron chi connectivity index (χ2n) is 5.85. The highest BCUT2D eigenvalue weighted by Crippen LogP contribution is 2.46. The Bertz CT molecular complexity index is 754. The molecule has 4 nitrogen and oxygen atoms in total. The van der Waals surface area contributed by atoms with Crippen LogP contribution < -0.4 is 10.6 Å². The summed E-state index contributed by atoms with van der Waals surface area (Å²) in [5.74, 6) is -1.49. The average Bonchev–Trinajstić information content (AvgIpc) is 3.38. The van der Waals surface area contributed by atoms with E-state index in [4.69, 9.17) is 0 Å². The zero-order valence-corrected chi connectivity index (χ0v) is 12.8. The van der Waals surface area contributed by atoms with Gasteiger partial charge in [0, 0.05) is 12.2 Å². The Hall–Kier alpha value is -2.76. The number of carbonyl (C=O) groups excluding carboxylic acids is 2. The number of rotatable bonds is 5. The lowest BCUT2D eigenvalue weighted by atomic mass is 10.0. The fourth-order valence-corrected chi connectivity index (χ4v) is 2.42. The molecule has 0 saturated heterocycles. The van der Waals surface area contributed by atoms with E-state index < -0.39 is 17.1 Å². The van der Waals surface area contributed by atoms with Gasteiger partial charge in [-0.1, -0.05) is 12.1 Å².